The molecule has 2 aliphatic carbocycles. The molecule has 4 aliphatic rings. The monoisotopic (exact) mass is 704 g/mol. The van der Waals surface area contributed by atoms with E-state index in [0.717, 1.165) is 91.4 Å². The number of benzene rings is 2. The van der Waals surface area contributed by atoms with E-state index in [-0.39, 0.29) is 42.1 Å². The summed E-state index contributed by atoms with van der Waals surface area (Å²) >= 11 is 1.78. The predicted molar refractivity (Wildman–Crippen MR) is 200 cm³/mol. The van der Waals surface area contributed by atoms with Gasteiger partial charge in [-0.2, -0.15) is 0 Å². The van der Waals surface area contributed by atoms with Crippen molar-refractivity contribution in [2.24, 2.45) is 22.9 Å². The standard InChI is InChI=1S/C41H56N2O6S/c1-5-24-47-41-37(50-31-14-7-6-8-15-31)28-35(42-49-40(2,3)4)33-26-29(13-9-11-22-44)32(16-10-12-23-45)38(39(33)41)34-27-30(17-18-36(34)48-41)46-25-21-43-19-20-43/h5-8,14-15,17-18,26-27,29,32,37-39,44-45H,1,9-13,16,19-25,28H2,2-4H3. The molecule has 2 fully saturated rings. The summed E-state index contributed by atoms with van der Waals surface area (Å²) in [6.45, 7) is 14.7. The number of hydrogen-bond acceptors (Lipinski definition) is 9. The molecule has 6 rings (SSSR count). The van der Waals surface area contributed by atoms with Crippen molar-refractivity contribution in [2.45, 2.75) is 93.2 Å². The minimum Gasteiger partial charge on any atom is -0.492 e. The molecule has 6 atom stereocenters. The molecular weight excluding hydrogens is 649 g/mol. The summed E-state index contributed by atoms with van der Waals surface area (Å²) in [5.41, 5.74) is 2.77. The number of hydrogen-bond donors (Lipinski definition) is 2. The molecule has 0 spiro atoms. The molecule has 2 aliphatic heterocycles. The number of aliphatic hydroxyl groups excluding tert-OH is 2. The van der Waals surface area contributed by atoms with Gasteiger partial charge in [0.1, 0.15) is 23.7 Å². The molecule has 6 unspecified atom stereocenters. The van der Waals surface area contributed by atoms with Crippen molar-refractivity contribution in [3.8, 4) is 11.5 Å². The molecule has 0 aromatic heterocycles. The van der Waals surface area contributed by atoms with Crippen LogP contribution in [0.5, 0.6) is 11.5 Å². The van der Waals surface area contributed by atoms with Crippen molar-refractivity contribution in [3.05, 3.63) is 78.4 Å². The first-order valence-electron chi connectivity index (χ1n) is 18.6. The van der Waals surface area contributed by atoms with E-state index >= 15 is 0 Å². The molecule has 2 N–H and O–H groups in total. The summed E-state index contributed by atoms with van der Waals surface area (Å²) in [7, 11) is 0. The first-order chi connectivity index (χ1) is 24.3. The number of thioether (sulfide) groups is 1. The number of unbranched alkanes of at least 4 members (excludes halogenated alkanes) is 2. The second-order valence-corrected chi connectivity index (χ2v) is 16.3. The van der Waals surface area contributed by atoms with E-state index in [1.54, 1.807) is 11.8 Å². The van der Waals surface area contributed by atoms with Gasteiger partial charge in [0, 0.05) is 55.6 Å². The Balaban J connectivity index is 1.52. The van der Waals surface area contributed by atoms with Crippen molar-refractivity contribution >= 4 is 17.5 Å². The van der Waals surface area contributed by atoms with Crippen LogP contribution in [0.15, 0.2) is 82.9 Å². The van der Waals surface area contributed by atoms with Crippen molar-refractivity contribution < 1.29 is 29.3 Å². The van der Waals surface area contributed by atoms with E-state index in [1.807, 2.05) is 39.0 Å². The minimum absolute atomic E-state index is 0.0381. The fourth-order valence-electron chi connectivity index (χ4n) is 7.96. The van der Waals surface area contributed by atoms with Gasteiger partial charge < -0.3 is 29.3 Å². The first kappa shape index (κ1) is 37.0. The van der Waals surface area contributed by atoms with E-state index in [4.69, 9.17) is 24.2 Å². The highest BCUT2D eigenvalue weighted by Gasteiger charge is 2.64. The number of nitrogens with zero attached hydrogens (tertiary/aromatic N) is 2. The van der Waals surface area contributed by atoms with Gasteiger partial charge in [-0.25, -0.2) is 0 Å². The third kappa shape index (κ3) is 8.61. The normalized spacial score (nSPS) is 27.9. The summed E-state index contributed by atoms with van der Waals surface area (Å²) in [6, 6.07) is 16.8. The Bertz CT molecular complexity index is 1490. The molecular formula is C41H56N2O6S. The Labute approximate surface area is 302 Å². The maximum atomic E-state index is 9.85. The lowest BCUT2D eigenvalue weighted by Crippen LogP contribution is -2.64. The fourth-order valence-corrected chi connectivity index (χ4v) is 9.27. The summed E-state index contributed by atoms with van der Waals surface area (Å²) in [5.74, 6) is 1.04. The molecule has 0 bridgehead atoms. The number of oxime groups is 1. The summed E-state index contributed by atoms with van der Waals surface area (Å²) in [6.07, 6.45) is 10.1. The lowest BCUT2D eigenvalue weighted by molar-refractivity contribution is -0.223. The van der Waals surface area contributed by atoms with Gasteiger partial charge in [-0.05, 0) is 94.2 Å². The van der Waals surface area contributed by atoms with Crippen LogP contribution in [0.3, 0.4) is 0 Å². The molecule has 0 radical (unpaired) electrons. The van der Waals surface area contributed by atoms with Gasteiger partial charge in [-0.1, -0.05) is 48.3 Å². The lowest BCUT2D eigenvalue weighted by Gasteiger charge is -2.58. The molecule has 50 heavy (non-hydrogen) atoms. The Hall–Kier alpha value is -2.82. The maximum Gasteiger partial charge on any atom is 0.231 e. The number of rotatable bonds is 18. The average molecular weight is 705 g/mol. The highest BCUT2D eigenvalue weighted by Crippen LogP contribution is 2.63. The Morgan fingerprint density at radius 1 is 1.04 bits per heavy atom. The van der Waals surface area contributed by atoms with Gasteiger partial charge in [0.2, 0.25) is 5.79 Å². The second-order valence-electron chi connectivity index (χ2n) is 15.1. The molecule has 2 heterocycles. The summed E-state index contributed by atoms with van der Waals surface area (Å²) < 4.78 is 20.7. The first-order valence-corrected chi connectivity index (χ1v) is 19.5. The topological polar surface area (TPSA) is 92.8 Å². The van der Waals surface area contributed by atoms with Crippen LogP contribution in [0, 0.1) is 17.8 Å². The molecule has 1 saturated carbocycles. The maximum absolute atomic E-state index is 9.85. The van der Waals surface area contributed by atoms with Gasteiger partial charge in [-0.3, -0.25) is 4.90 Å². The van der Waals surface area contributed by atoms with Crippen molar-refractivity contribution in [2.75, 3.05) is 46.1 Å². The van der Waals surface area contributed by atoms with Crippen LogP contribution in [-0.2, 0) is 9.57 Å². The second kappa shape index (κ2) is 16.7. The van der Waals surface area contributed by atoms with E-state index in [9.17, 15) is 10.2 Å². The van der Waals surface area contributed by atoms with Gasteiger partial charge in [0.15, 0.2) is 0 Å². The van der Waals surface area contributed by atoms with Gasteiger partial charge in [0.05, 0.1) is 23.5 Å². The number of allylic oxidation sites excluding steroid dienone is 1. The molecule has 2 aromatic rings. The molecule has 2 aromatic carbocycles. The van der Waals surface area contributed by atoms with Crippen molar-refractivity contribution in [1.82, 2.24) is 4.90 Å². The molecule has 9 heteroatoms. The third-order valence-corrected chi connectivity index (χ3v) is 11.6. The zero-order valence-electron chi connectivity index (χ0n) is 30.1. The van der Waals surface area contributed by atoms with Crippen LogP contribution in [0.2, 0.25) is 0 Å². The van der Waals surface area contributed by atoms with Gasteiger partial charge >= 0.3 is 0 Å². The Morgan fingerprint density at radius 2 is 1.80 bits per heavy atom. The van der Waals surface area contributed by atoms with E-state index in [1.165, 1.54) is 0 Å². The Kier molecular flexibility index (Phi) is 12.3. The minimum atomic E-state index is -1.01. The van der Waals surface area contributed by atoms with Crippen LogP contribution in [0.1, 0.15) is 77.2 Å². The zero-order chi connectivity index (χ0) is 35.1. The Morgan fingerprint density at radius 3 is 2.50 bits per heavy atom. The SMILES string of the molecule is C=CCOC12Oc3ccc(OCCN4CC4)cc3C3C(CCCCO)C(CCCCO)C=C(C(=NOC(C)(C)C)CC1Sc1ccccc1)C32. The van der Waals surface area contributed by atoms with Crippen LogP contribution >= 0.6 is 11.8 Å². The van der Waals surface area contributed by atoms with E-state index in [0.29, 0.717) is 19.6 Å². The fraction of sp³-hybridized carbons (Fsp3) is 0.585. The van der Waals surface area contributed by atoms with Crippen molar-refractivity contribution in [3.63, 3.8) is 0 Å². The van der Waals surface area contributed by atoms with Crippen LogP contribution in [0.25, 0.3) is 0 Å². The highest BCUT2D eigenvalue weighted by molar-refractivity contribution is 8.00. The predicted octanol–water partition coefficient (Wildman–Crippen LogP) is 7.61. The van der Waals surface area contributed by atoms with Crippen LogP contribution in [-0.4, -0.2) is 83.5 Å². The average Bonchev–Trinajstić information content (AvgIpc) is 3.93. The molecule has 0 amide bonds. The lowest BCUT2D eigenvalue weighted by atomic mass is 9.56. The van der Waals surface area contributed by atoms with Gasteiger partial charge in [0.25, 0.3) is 0 Å². The van der Waals surface area contributed by atoms with Crippen LogP contribution in [0.4, 0.5) is 0 Å². The van der Waals surface area contributed by atoms with Crippen LogP contribution < -0.4 is 9.47 Å². The molecule has 1 saturated heterocycles. The quantitative estimate of drug-likeness (QED) is 0.0710. The number of aliphatic hydroxyl groups is 2. The summed E-state index contributed by atoms with van der Waals surface area (Å²) in [5, 5.41) is 24.4. The number of fused-ring (bicyclic) bond motifs is 2. The van der Waals surface area contributed by atoms with Crippen molar-refractivity contribution in [1.29, 1.82) is 0 Å². The molecule has 8 nitrogen and oxygen atoms in total. The summed E-state index contributed by atoms with van der Waals surface area (Å²) in [4.78, 5) is 9.71. The smallest absolute Gasteiger partial charge is 0.231 e. The highest BCUT2D eigenvalue weighted by atomic mass is 32.2. The molecule has 272 valence electrons. The van der Waals surface area contributed by atoms with Gasteiger partial charge in [-0.15, -0.1) is 18.3 Å². The van der Waals surface area contributed by atoms with E-state index < -0.39 is 11.4 Å². The van der Waals surface area contributed by atoms with E-state index in [2.05, 4.69) is 54.0 Å². The zero-order valence-corrected chi connectivity index (χ0v) is 30.9. The third-order valence-electron chi connectivity index (χ3n) is 10.3. The number of ether oxygens (including phenoxy) is 3. The largest absolute Gasteiger partial charge is 0.492 e.